The van der Waals surface area contributed by atoms with Gasteiger partial charge in [0.15, 0.2) is 0 Å². The number of hydrogen-bond donors (Lipinski definition) is 2. The smallest absolute Gasteiger partial charge is 0.220 e. The van der Waals surface area contributed by atoms with Crippen molar-refractivity contribution in [2.24, 2.45) is 17.1 Å². The Morgan fingerprint density at radius 2 is 1.78 bits per heavy atom. The van der Waals surface area contributed by atoms with Gasteiger partial charge in [-0.1, -0.05) is 34.6 Å². The van der Waals surface area contributed by atoms with Crippen molar-refractivity contribution in [3.8, 4) is 0 Å². The Bertz CT molecular complexity index is 256. The summed E-state index contributed by atoms with van der Waals surface area (Å²) in [5, 5.41) is 3.10. The van der Waals surface area contributed by atoms with Gasteiger partial charge in [-0.25, -0.2) is 0 Å². The van der Waals surface area contributed by atoms with Crippen LogP contribution in [0, 0.1) is 11.3 Å². The molecule has 1 amide bonds. The van der Waals surface area contributed by atoms with Crippen LogP contribution in [0.15, 0.2) is 0 Å². The van der Waals surface area contributed by atoms with E-state index in [0.717, 1.165) is 19.3 Å². The van der Waals surface area contributed by atoms with Crippen LogP contribution in [0.2, 0.25) is 0 Å². The van der Waals surface area contributed by atoms with Gasteiger partial charge in [-0.3, -0.25) is 4.79 Å². The Morgan fingerprint density at radius 1 is 1.22 bits per heavy atom. The van der Waals surface area contributed by atoms with Crippen LogP contribution in [0.5, 0.6) is 0 Å². The summed E-state index contributed by atoms with van der Waals surface area (Å²) in [5.74, 6) is 0.668. The lowest BCUT2D eigenvalue weighted by molar-refractivity contribution is -0.123. The molecule has 0 fully saturated rings. The van der Waals surface area contributed by atoms with E-state index >= 15 is 0 Å². The molecule has 0 heterocycles. The molecule has 0 bridgehead atoms. The molecule has 3 N–H and O–H groups in total. The van der Waals surface area contributed by atoms with Gasteiger partial charge in [-0.15, -0.1) is 0 Å². The molecule has 108 valence electrons. The van der Waals surface area contributed by atoms with Gasteiger partial charge in [0.2, 0.25) is 5.91 Å². The number of hydrogen-bond acceptors (Lipinski definition) is 2. The number of rotatable bonds is 7. The van der Waals surface area contributed by atoms with Crippen LogP contribution in [-0.4, -0.2) is 18.0 Å². The number of carbonyl (C=O) groups excluding carboxylic acids is 1. The number of nitrogens with one attached hydrogen (secondary N) is 1. The SMILES string of the molecule is CC(C)CC(C)(CN)NC(=O)CCCC(C)(C)C. The second kappa shape index (κ2) is 7.13. The Kier molecular flexibility index (Phi) is 6.90. The van der Waals surface area contributed by atoms with Gasteiger partial charge >= 0.3 is 0 Å². The van der Waals surface area contributed by atoms with E-state index in [2.05, 4.69) is 39.9 Å². The summed E-state index contributed by atoms with van der Waals surface area (Å²) in [6.45, 7) is 13.4. The molecule has 0 saturated carbocycles. The van der Waals surface area contributed by atoms with E-state index in [1.165, 1.54) is 0 Å². The van der Waals surface area contributed by atoms with Gasteiger partial charge in [0.05, 0.1) is 0 Å². The monoisotopic (exact) mass is 256 g/mol. The first-order chi connectivity index (χ1) is 8.08. The predicted octanol–water partition coefficient (Wildman–Crippen LogP) is 3.08. The normalized spacial score (nSPS) is 15.6. The van der Waals surface area contributed by atoms with Gasteiger partial charge in [-0.05, 0) is 37.5 Å². The molecule has 0 aliphatic rings. The molecular weight excluding hydrogens is 224 g/mol. The van der Waals surface area contributed by atoms with Gasteiger partial charge in [0.1, 0.15) is 0 Å². The number of amides is 1. The van der Waals surface area contributed by atoms with Crippen molar-refractivity contribution in [3.05, 3.63) is 0 Å². The number of carbonyl (C=O) groups is 1. The molecule has 0 aromatic carbocycles. The maximum absolute atomic E-state index is 11.9. The Morgan fingerprint density at radius 3 is 2.17 bits per heavy atom. The third-order valence-corrected chi connectivity index (χ3v) is 3.08. The fourth-order valence-electron chi connectivity index (χ4n) is 2.26. The van der Waals surface area contributed by atoms with E-state index in [9.17, 15) is 4.79 Å². The van der Waals surface area contributed by atoms with Crippen LogP contribution in [0.25, 0.3) is 0 Å². The second-order valence-electron chi connectivity index (χ2n) is 7.33. The van der Waals surface area contributed by atoms with Crippen molar-refractivity contribution < 1.29 is 4.79 Å². The molecule has 0 saturated heterocycles. The third kappa shape index (κ3) is 8.51. The van der Waals surface area contributed by atoms with Crippen molar-refractivity contribution in [2.45, 2.75) is 72.8 Å². The zero-order valence-electron chi connectivity index (χ0n) is 13.1. The van der Waals surface area contributed by atoms with E-state index in [-0.39, 0.29) is 11.4 Å². The van der Waals surface area contributed by atoms with Crippen LogP contribution in [0.3, 0.4) is 0 Å². The van der Waals surface area contributed by atoms with E-state index in [1.807, 2.05) is 6.92 Å². The Balaban J connectivity index is 4.12. The van der Waals surface area contributed by atoms with Gasteiger partial charge in [0.25, 0.3) is 0 Å². The summed E-state index contributed by atoms with van der Waals surface area (Å²) in [7, 11) is 0. The zero-order valence-corrected chi connectivity index (χ0v) is 13.1. The molecule has 1 atom stereocenters. The predicted molar refractivity (Wildman–Crippen MR) is 78.4 cm³/mol. The summed E-state index contributed by atoms with van der Waals surface area (Å²) in [6, 6.07) is 0. The van der Waals surface area contributed by atoms with E-state index < -0.39 is 0 Å². The molecule has 0 rings (SSSR count). The highest BCUT2D eigenvalue weighted by molar-refractivity contribution is 5.76. The van der Waals surface area contributed by atoms with Crippen molar-refractivity contribution in [2.75, 3.05) is 6.54 Å². The highest BCUT2D eigenvalue weighted by atomic mass is 16.1. The fraction of sp³-hybridized carbons (Fsp3) is 0.933. The molecular formula is C15H32N2O. The molecule has 0 spiro atoms. The van der Waals surface area contributed by atoms with E-state index in [0.29, 0.717) is 24.3 Å². The summed E-state index contributed by atoms with van der Waals surface area (Å²) in [6.07, 6.45) is 3.54. The first-order valence-corrected chi connectivity index (χ1v) is 7.09. The maximum Gasteiger partial charge on any atom is 0.220 e. The lowest BCUT2D eigenvalue weighted by atomic mass is 9.89. The molecule has 1 unspecified atom stereocenters. The molecule has 0 radical (unpaired) electrons. The first kappa shape index (κ1) is 17.4. The topological polar surface area (TPSA) is 55.1 Å². The molecule has 0 aromatic heterocycles. The molecule has 0 aliphatic heterocycles. The lowest BCUT2D eigenvalue weighted by Crippen LogP contribution is -2.52. The Labute approximate surface area is 113 Å². The van der Waals surface area contributed by atoms with Crippen LogP contribution in [-0.2, 0) is 4.79 Å². The van der Waals surface area contributed by atoms with Gasteiger partial charge in [0, 0.05) is 18.5 Å². The molecule has 0 aliphatic carbocycles. The van der Waals surface area contributed by atoms with E-state index in [4.69, 9.17) is 5.73 Å². The minimum Gasteiger partial charge on any atom is -0.350 e. The first-order valence-electron chi connectivity index (χ1n) is 7.09. The Hall–Kier alpha value is -0.570. The molecule has 3 nitrogen and oxygen atoms in total. The minimum absolute atomic E-state index is 0.132. The third-order valence-electron chi connectivity index (χ3n) is 3.08. The van der Waals surface area contributed by atoms with Gasteiger partial charge < -0.3 is 11.1 Å². The van der Waals surface area contributed by atoms with Crippen LogP contribution in [0.4, 0.5) is 0 Å². The fourth-order valence-corrected chi connectivity index (χ4v) is 2.26. The highest BCUT2D eigenvalue weighted by Gasteiger charge is 2.25. The van der Waals surface area contributed by atoms with Crippen molar-refractivity contribution in [3.63, 3.8) is 0 Å². The molecule has 0 aromatic rings. The summed E-state index contributed by atoms with van der Waals surface area (Å²) in [4.78, 5) is 11.9. The maximum atomic E-state index is 11.9. The van der Waals surface area contributed by atoms with E-state index in [1.54, 1.807) is 0 Å². The quantitative estimate of drug-likeness (QED) is 0.735. The zero-order chi connectivity index (χ0) is 14.4. The summed E-state index contributed by atoms with van der Waals surface area (Å²) < 4.78 is 0. The van der Waals surface area contributed by atoms with Crippen LogP contribution in [0.1, 0.15) is 67.2 Å². The number of nitrogens with two attached hydrogens (primary N) is 1. The van der Waals surface area contributed by atoms with Crippen LogP contribution >= 0.6 is 0 Å². The second-order valence-corrected chi connectivity index (χ2v) is 7.33. The average Bonchev–Trinajstić information content (AvgIpc) is 2.13. The summed E-state index contributed by atoms with van der Waals surface area (Å²) >= 11 is 0. The minimum atomic E-state index is -0.257. The van der Waals surface area contributed by atoms with Crippen molar-refractivity contribution >= 4 is 5.91 Å². The standard InChI is InChI=1S/C15H32N2O/c1-12(2)10-15(6,11-16)17-13(18)8-7-9-14(3,4)5/h12H,7-11,16H2,1-6H3,(H,17,18). The van der Waals surface area contributed by atoms with Crippen molar-refractivity contribution in [1.82, 2.24) is 5.32 Å². The lowest BCUT2D eigenvalue weighted by Gasteiger charge is -2.31. The highest BCUT2D eigenvalue weighted by Crippen LogP contribution is 2.22. The van der Waals surface area contributed by atoms with Gasteiger partial charge in [-0.2, -0.15) is 0 Å². The molecule has 18 heavy (non-hydrogen) atoms. The summed E-state index contributed by atoms with van der Waals surface area (Å²) in [5.41, 5.74) is 5.83. The van der Waals surface area contributed by atoms with Crippen molar-refractivity contribution in [1.29, 1.82) is 0 Å². The largest absolute Gasteiger partial charge is 0.350 e. The molecule has 3 heteroatoms. The van der Waals surface area contributed by atoms with Crippen LogP contribution < -0.4 is 11.1 Å². The average molecular weight is 256 g/mol.